The van der Waals surface area contributed by atoms with Crippen LogP contribution in [0.1, 0.15) is 17.0 Å². The van der Waals surface area contributed by atoms with Crippen molar-refractivity contribution in [3.05, 3.63) is 65.5 Å². The lowest BCUT2D eigenvalue weighted by molar-refractivity contribution is -0.113. The standard InChI is InChI=1S/C19H21N5O2S/c1-13-8-9-16(26-2)15(10-13)21-18(25)12-27-19-23-22-17(24(19)20)11-14-6-4-3-5-7-14/h3-10H,11-12,20H2,1-2H3,(H,21,25). The third-order valence-electron chi connectivity index (χ3n) is 3.90. The van der Waals surface area contributed by atoms with E-state index in [1.807, 2.05) is 55.5 Å². The number of amides is 1. The highest BCUT2D eigenvalue weighted by Crippen LogP contribution is 2.25. The van der Waals surface area contributed by atoms with Crippen molar-refractivity contribution in [1.82, 2.24) is 14.9 Å². The smallest absolute Gasteiger partial charge is 0.234 e. The first kappa shape index (κ1) is 18.8. The summed E-state index contributed by atoms with van der Waals surface area (Å²) in [4.78, 5) is 12.3. The summed E-state index contributed by atoms with van der Waals surface area (Å²) in [6.45, 7) is 1.95. The molecule has 0 fully saturated rings. The summed E-state index contributed by atoms with van der Waals surface area (Å²) in [7, 11) is 1.57. The van der Waals surface area contributed by atoms with E-state index in [1.54, 1.807) is 7.11 Å². The molecule has 0 atom stereocenters. The van der Waals surface area contributed by atoms with Gasteiger partial charge in [0.2, 0.25) is 11.1 Å². The van der Waals surface area contributed by atoms with Crippen molar-refractivity contribution < 1.29 is 9.53 Å². The number of anilines is 1. The molecule has 1 aromatic heterocycles. The Hall–Kier alpha value is -3.00. The van der Waals surface area contributed by atoms with Crippen LogP contribution in [0.3, 0.4) is 0 Å². The number of nitrogens with two attached hydrogens (primary N) is 1. The number of hydrogen-bond acceptors (Lipinski definition) is 6. The number of carbonyl (C=O) groups excluding carboxylic acids is 1. The molecule has 0 spiro atoms. The minimum atomic E-state index is -0.170. The Balaban J connectivity index is 1.60. The topological polar surface area (TPSA) is 95.1 Å². The summed E-state index contributed by atoms with van der Waals surface area (Å²) in [5.74, 6) is 7.33. The van der Waals surface area contributed by atoms with E-state index in [2.05, 4.69) is 15.5 Å². The van der Waals surface area contributed by atoms with Crippen LogP contribution in [0.4, 0.5) is 5.69 Å². The van der Waals surface area contributed by atoms with Gasteiger partial charge in [-0.15, -0.1) is 10.2 Å². The maximum absolute atomic E-state index is 12.3. The van der Waals surface area contributed by atoms with Gasteiger partial charge in [-0.2, -0.15) is 0 Å². The molecule has 27 heavy (non-hydrogen) atoms. The van der Waals surface area contributed by atoms with E-state index < -0.39 is 0 Å². The zero-order valence-corrected chi connectivity index (χ0v) is 16.0. The van der Waals surface area contributed by atoms with Crippen LogP contribution < -0.4 is 15.9 Å². The van der Waals surface area contributed by atoms with E-state index in [4.69, 9.17) is 10.6 Å². The Bertz CT molecular complexity index is 927. The molecule has 7 nitrogen and oxygen atoms in total. The van der Waals surface area contributed by atoms with Crippen LogP contribution in [0.2, 0.25) is 0 Å². The normalized spacial score (nSPS) is 10.6. The van der Waals surface area contributed by atoms with Crippen molar-refractivity contribution in [3.8, 4) is 5.75 Å². The molecule has 0 bridgehead atoms. The average molecular weight is 383 g/mol. The van der Waals surface area contributed by atoms with Gasteiger partial charge in [0.1, 0.15) is 5.75 Å². The van der Waals surface area contributed by atoms with Crippen molar-refractivity contribution in [2.45, 2.75) is 18.5 Å². The predicted octanol–water partition coefficient (Wildman–Crippen LogP) is 2.63. The van der Waals surface area contributed by atoms with Gasteiger partial charge < -0.3 is 15.9 Å². The largest absolute Gasteiger partial charge is 0.495 e. The summed E-state index contributed by atoms with van der Waals surface area (Å²) in [6.07, 6.45) is 0.581. The van der Waals surface area contributed by atoms with E-state index in [9.17, 15) is 4.79 Å². The van der Waals surface area contributed by atoms with Crippen LogP contribution in [0, 0.1) is 6.92 Å². The Labute approximate surface area is 161 Å². The number of methoxy groups -OCH3 is 1. The molecule has 0 aliphatic carbocycles. The number of ether oxygens (including phenoxy) is 1. The number of rotatable bonds is 7. The molecule has 3 rings (SSSR count). The lowest BCUT2D eigenvalue weighted by Gasteiger charge is -2.10. The molecule has 140 valence electrons. The van der Waals surface area contributed by atoms with Crippen LogP contribution in [0.25, 0.3) is 0 Å². The van der Waals surface area contributed by atoms with Crippen molar-refractivity contribution in [1.29, 1.82) is 0 Å². The Morgan fingerprint density at radius 1 is 1.22 bits per heavy atom. The van der Waals surface area contributed by atoms with Gasteiger partial charge in [0, 0.05) is 6.42 Å². The predicted molar refractivity (Wildman–Crippen MR) is 107 cm³/mol. The molecule has 0 radical (unpaired) electrons. The molecule has 0 aliphatic rings. The molecule has 2 aromatic carbocycles. The molecule has 0 saturated heterocycles. The van der Waals surface area contributed by atoms with Gasteiger partial charge >= 0.3 is 0 Å². The van der Waals surface area contributed by atoms with Gasteiger partial charge in [-0.25, -0.2) is 4.68 Å². The quantitative estimate of drug-likeness (QED) is 0.481. The van der Waals surface area contributed by atoms with Crippen LogP contribution in [-0.4, -0.2) is 33.6 Å². The van der Waals surface area contributed by atoms with Crippen molar-refractivity contribution >= 4 is 23.4 Å². The van der Waals surface area contributed by atoms with E-state index in [-0.39, 0.29) is 11.7 Å². The SMILES string of the molecule is COc1ccc(C)cc1NC(=O)CSc1nnc(Cc2ccccc2)n1N. The molecular formula is C19H21N5O2S. The number of benzene rings is 2. The summed E-state index contributed by atoms with van der Waals surface area (Å²) < 4.78 is 6.70. The second kappa shape index (κ2) is 8.59. The van der Waals surface area contributed by atoms with Crippen molar-refractivity contribution in [2.24, 2.45) is 0 Å². The van der Waals surface area contributed by atoms with Crippen LogP contribution in [-0.2, 0) is 11.2 Å². The number of nitrogens with one attached hydrogen (secondary N) is 1. The minimum absolute atomic E-state index is 0.164. The summed E-state index contributed by atoms with van der Waals surface area (Å²) in [5.41, 5.74) is 2.77. The molecule has 1 heterocycles. The molecule has 0 aliphatic heterocycles. The maximum atomic E-state index is 12.3. The van der Waals surface area contributed by atoms with Crippen LogP contribution in [0.15, 0.2) is 53.7 Å². The third kappa shape index (κ3) is 4.79. The van der Waals surface area contributed by atoms with Crippen molar-refractivity contribution in [2.75, 3.05) is 24.0 Å². The molecule has 3 aromatic rings. The van der Waals surface area contributed by atoms with Gasteiger partial charge in [0.25, 0.3) is 0 Å². The molecule has 3 N–H and O–H groups in total. The molecule has 0 saturated carbocycles. The fourth-order valence-corrected chi connectivity index (χ4v) is 3.22. The number of nitrogen functional groups attached to an aromatic ring is 1. The zero-order chi connectivity index (χ0) is 19.2. The van der Waals surface area contributed by atoms with Crippen molar-refractivity contribution in [3.63, 3.8) is 0 Å². The number of thioether (sulfide) groups is 1. The van der Waals surface area contributed by atoms with Gasteiger partial charge in [-0.1, -0.05) is 48.2 Å². The fourth-order valence-electron chi connectivity index (χ4n) is 2.54. The first-order valence-electron chi connectivity index (χ1n) is 8.37. The summed E-state index contributed by atoms with van der Waals surface area (Å²) >= 11 is 1.23. The number of carbonyl (C=O) groups is 1. The van der Waals surface area contributed by atoms with E-state index in [0.29, 0.717) is 28.8 Å². The molecule has 8 heteroatoms. The number of aromatic nitrogens is 3. The Morgan fingerprint density at radius 2 is 2.00 bits per heavy atom. The summed E-state index contributed by atoms with van der Waals surface area (Å²) in [6, 6.07) is 15.5. The number of nitrogens with zero attached hydrogens (tertiary/aromatic N) is 3. The molecule has 0 unspecified atom stereocenters. The van der Waals surface area contributed by atoms with Gasteiger partial charge in [-0.05, 0) is 30.2 Å². The van der Waals surface area contributed by atoms with Gasteiger partial charge in [-0.3, -0.25) is 4.79 Å². The Kier molecular flexibility index (Phi) is 5.97. The number of hydrogen-bond donors (Lipinski definition) is 2. The van der Waals surface area contributed by atoms with E-state index in [0.717, 1.165) is 11.1 Å². The summed E-state index contributed by atoms with van der Waals surface area (Å²) in [5, 5.41) is 11.6. The van der Waals surface area contributed by atoms with E-state index >= 15 is 0 Å². The zero-order valence-electron chi connectivity index (χ0n) is 15.2. The molecular weight excluding hydrogens is 362 g/mol. The van der Waals surface area contributed by atoms with Crippen LogP contribution in [0.5, 0.6) is 5.75 Å². The minimum Gasteiger partial charge on any atom is -0.495 e. The highest BCUT2D eigenvalue weighted by atomic mass is 32.2. The third-order valence-corrected chi connectivity index (χ3v) is 4.84. The monoisotopic (exact) mass is 383 g/mol. The first-order valence-corrected chi connectivity index (χ1v) is 9.36. The van der Waals surface area contributed by atoms with Gasteiger partial charge in [0.15, 0.2) is 5.82 Å². The lowest BCUT2D eigenvalue weighted by atomic mass is 10.1. The second-order valence-electron chi connectivity index (χ2n) is 5.97. The second-order valence-corrected chi connectivity index (χ2v) is 6.91. The highest BCUT2D eigenvalue weighted by Gasteiger charge is 2.14. The van der Waals surface area contributed by atoms with E-state index in [1.165, 1.54) is 16.4 Å². The number of aryl methyl sites for hydroxylation is 1. The fraction of sp³-hybridized carbons (Fsp3) is 0.211. The maximum Gasteiger partial charge on any atom is 0.234 e. The van der Waals surface area contributed by atoms with Crippen LogP contribution >= 0.6 is 11.8 Å². The first-order chi connectivity index (χ1) is 13.1. The average Bonchev–Trinajstić information content (AvgIpc) is 3.01. The Morgan fingerprint density at radius 3 is 2.74 bits per heavy atom. The molecule has 1 amide bonds. The highest BCUT2D eigenvalue weighted by molar-refractivity contribution is 7.99. The van der Waals surface area contributed by atoms with Gasteiger partial charge in [0.05, 0.1) is 18.6 Å². The lowest BCUT2D eigenvalue weighted by Crippen LogP contribution is -2.17.